The lowest BCUT2D eigenvalue weighted by Crippen LogP contribution is -2.42. The maximum Gasteiger partial charge on any atom is 0.00445 e. The minimum Gasteiger partial charge on any atom is -0.328 e. The van der Waals surface area contributed by atoms with Gasteiger partial charge in [0.25, 0.3) is 0 Å². The summed E-state index contributed by atoms with van der Waals surface area (Å²) in [5.41, 5.74) is 6.16. The molecule has 1 rings (SSSR count). The van der Waals surface area contributed by atoms with Gasteiger partial charge in [-0.3, -0.25) is 0 Å². The van der Waals surface area contributed by atoms with Crippen molar-refractivity contribution in [3.8, 4) is 0 Å². The van der Waals surface area contributed by atoms with E-state index < -0.39 is 0 Å². The first-order valence-corrected chi connectivity index (χ1v) is 3.76. The Kier molecular flexibility index (Phi) is 3.18. The van der Waals surface area contributed by atoms with Crippen molar-refractivity contribution in [2.75, 3.05) is 0 Å². The van der Waals surface area contributed by atoms with Crippen molar-refractivity contribution < 1.29 is 0 Å². The van der Waals surface area contributed by atoms with Crippen LogP contribution in [0.25, 0.3) is 0 Å². The molecule has 62 valence electrons. The third-order valence-corrected chi connectivity index (χ3v) is 2.40. The van der Waals surface area contributed by atoms with Gasteiger partial charge in [0.15, 0.2) is 0 Å². The molecule has 0 saturated heterocycles. The fraction of sp³-hybridized carbons (Fsp3) is 1.00. The number of nitrogens with two attached hydrogens (primary N) is 1. The normalized spacial score (nSPS) is 32.4. The smallest absolute Gasteiger partial charge is 0.00445 e. The van der Waals surface area contributed by atoms with Gasteiger partial charge in [0.05, 0.1) is 0 Å². The molecule has 2 N–H and O–H groups in total. The summed E-state index contributed by atoms with van der Waals surface area (Å²) in [5, 5.41) is 0. The van der Waals surface area contributed by atoms with Crippen molar-refractivity contribution in [3.63, 3.8) is 0 Å². The molecule has 1 nitrogen and oxygen atoms in total. The largest absolute Gasteiger partial charge is 0.328 e. The number of halogens is 1. The Morgan fingerprint density at radius 2 is 1.60 bits per heavy atom. The summed E-state index contributed by atoms with van der Waals surface area (Å²) in [6.07, 6.45) is 2.48. The Morgan fingerprint density at radius 3 is 1.70 bits per heavy atom. The maximum absolute atomic E-state index is 5.67. The molecular formula is C8H18ClN. The van der Waals surface area contributed by atoms with Crippen LogP contribution in [-0.2, 0) is 0 Å². The lowest BCUT2D eigenvalue weighted by molar-refractivity contribution is 0.118. The van der Waals surface area contributed by atoms with E-state index in [0.717, 1.165) is 5.92 Å². The van der Waals surface area contributed by atoms with E-state index in [9.17, 15) is 0 Å². The molecule has 0 aromatic carbocycles. The highest BCUT2D eigenvalue weighted by Crippen LogP contribution is 2.40. The quantitative estimate of drug-likeness (QED) is 0.582. The van der Waals surface area contributed by atoms with Crippen LogP contribution in [0.3, 0.4) is 0 Å². The molecule has 0 aliphatic heterocycles. The van der Waals surface area contributed by atoms with Gasteiger partial charge in [-0.15, -0.1) is 12.4 Å². The van der Waals surface area contributed by atoms with Gasteiger partial charge in [-0.25, -0.2) is 0 Å². The lowest BCUT2D eigenvalue weighted by atomic mass is 9.66. The maximum atomic E-state index is 5.67. The zero-order valence-corrected chi connectivity index (χ0v) is 7.87. The zero-order chi connectivity index (χ0) is 7.07. The first kappa shape index (κ1) is 10.2. The summed E-state index contributed by atoms with van der Waals surface area (Å²) in [5.74, 6) is 0.882. The van der Waals surface area contributed by atoms with Gasteiger partial charge < -0.3 is 5.73 Å². The van der Waals surface area contributed by atoms with Gasteiger partial charge in [0, 0.05) is 6.04 Å². The Morgan fingerprint density at radius 1 is 1.20 bits per heavy atom. The van der Waals surface area contributed by atoms with Crippen LogP contribution in [0.15, 0.2) is 0 Å². The van der Waals surface area contributed by atoms with Crippen molar-refractivity contribution in [2.45, 2.75) is 39.7 Å². The van der Waals surface area contributed by atoms with E-state index in [1.54, 1.807) is 0 Å². The van der Waals surface area contributed by atoms with Crippen molar-refractivity contribution in [3.05, 3.63) is 0 Å². The minimum absolute atomic E-state index is 0. The summed E-state index contributed by atoms with van der Waals surface area (Å²) in [6.45, 7) is 6.89. The van der Waals surface area contributed by atoms with Gasteiger partial charge in [-0.2, -0.15) is 0 Å². The van der Waals surface area contributed by atoms with Crippen LogP contribution in [0.4, 0.5) is 0 Å². The van der Waals surface area contributed by atoms with Crippen LogP contribution < -0.4 is 5.73 Å². The first-order chi connectivity index (χ1) is 4.00. The number of rotatable bonds is 0. The number of hydrogen-bond acceptors (Lipinski definition) is 1. The predicted molar refractivity (Wildman–Crippen MR) is 47.4 cm³/mol. The second kappa shape index (κ2) is 3.10. The second-order valence-corrected chi connectivity index (χ2v) is 4.29. The molecule has 0 amide bonds. The van der Waals surface area contributed by atoms with E-state index in [2.05, 4.69) is 20.8 Å². The van der Waals surface area contributed by atoms with Crippen LogP contribution in [0.5, 0.6) is 0 Å². The van der Waals surface area contributed by atoms with Crippen LogP contribution in [0.1, 0.15) is 33.6 Å². The summed E-state index contributed by atoms with van der Waals surface area (Å²) in [4.78, 5) is 0. The molecule has 0 radical (unpaired) electrons. The molecular weight excluding hydrogens is 146 g/mol. The van der Waals surface area contributed by atoms with Crippen LogP contribution in [0, 0.1) is 11.3 Å². The average Bonchev–Trinajstić information content (AvgIpc) is 1.55. The van der Waals surface area contributed by atoms with E-state index in [1.807, 2.05) is 0 Å². The average molecular weight is 164 g/mol. The van der Waals surface area contributed by atoms with E-state index >= 15 is 0 Å². The van der Waals surface area contributed by atoms with E-state index in [-0.39, 0.29) is 12.4 Å². The van der Waals surface area contributed by atoms with Crippen molar-refractivity contribution in [1.82, 2.24) is 0 Å². The summed E-state index contributed by atoms with van der Waals surface area (Å²) >= 11 is 0. The molecule has 0 bridgehead atoms. The first-order valence-electron chi connectivity index (χ1n) is 3.76. The standard InChI is InChI=1S/C8H17N.ClH/c1-8(2,3)6-4-7(9)5-6;/h6-7H,4-5,9H2,1-3H3;1H. The highest BCUT2D eigenvalue weighted by Gasteiger charge is 2.34. The molecule has 0 heterocycles. The molecule has 1 aliphatic carbocycles. The SMILES string of the molecule is CC(C)(C)C1CC(N)C1.Cl. The van der Waals surface area contributed by atoms with E-state index in [0.29, 0.717) is 11.5 Å². The van der Waals surface area contributed by atoms with Gasteiger partial charge in [-0.1, -0.05) is 20.8 Å². The Bertz CT molecular complexity index is 100. The molecule has 0 spiro atoms. The molecule has 0 unspecified atom stereocenters. The Balaban J connectivity index is 0.000000810. The van der Waals surface area contributed by atoms with E-state index in [1.165, 1.54) is 12.8 Å². The van der Waals surface area contributed by atoms with Gasteiger partial charge in [0.1, 0.15) is 0 Å². The zero-order valence-electron chi connectivity index (χ0n) is 7.05. The lowest BCUT2D eigenvalue weighted by Gasteiger charge is -2.41. The molecule has 1 fully saturated rings. The fourth-order valence-electron chi connectivity index (χ4n) is 1.37. The molecule has 1 aliphatic rings. The van der Waals surface area contributed by atoms with Gasteiger partial charge in [0.2, 0.25) is 0 Å². The molecule has 0 aromatic rings. The number of hydrogen-bond donors (Lipinski definition) is 1. The summed E-state index contributed by atoms with van der Waals surface area (Å²) in [6, 6.07) is 0.509. The monoisotopic (exact) mass is 163 g/mol. The Labute approximate surface area is 69.8 Å². The van der Waals surface area contributed by atoms with Crippen LogP contribution >= 0.6 is 12.4 Å². The molecule has 0 atom stereocenters. The third-order valence-electron chi connectivity index (χ3n) is 2.40. The highest BCUT2D eigenvalue weighted by molar-refractivity contribution is 5.85. The predicted octanol–water partition coefficient (Wildman–Crippen LogP) is 2.19. The van der Waals surface area contributed by atoms with Gasteiger partial charge >= 0.3 is 0 Å². The van der Waals surface area contributed by atoms with Crippen molar-refractivity contribution in [2.24, 2.45) is 17.1 Å². The topological polar surface area (TPSA) is 26.0 Å². The van der Waals surface area contributed by atoms with Gasteiger partial charge in [-0.05, 0) is 24.2 Å². The highest BCUT2D eigenvalue weighted by atomic mass is 35.5. The van der Waals surface area contributed by atoms with Crippen LogP contribution in [-0.4, -0.2) is 6.04 Å². The second-order valence-electron chi connectivity index (χ2n) is 4.29. The van der Waals surface area contributed by atoms with E-state index in [4.69, 9.17) is 5.73 Å². The van der Waals surface area contributed by atoms with Crippen LogP contribution in [0.2, 0.25) is 0 Å². The molecule has 2 heteroatoms. The minimum atomic E-state index is 0. The molecule has 1 saturated carbocycles. The molecule has 10 heavy (non-hydrogen) atoms. The third kappa shape index (κ3) is 2.14. The van der Waals surface area contributed by atoms with Crippen molar-refractivity contribution in [1.29, 1.82) is 0 Å². The van der Waals surface area contributed by atoms with Crippen molar-refractivity contribution >= 4 is 12.4 Å². The Hall–Kier alpha value is 0.250. The summed E-state index contributed by atoms with van der Waals surface area (Å²) < 4.78 is 0. The fourth-order valence-corrected chi connectivity index (χ4v) is 1.37. The summed E-state index contributed by atoms with van der Waals surface area (Å²) in [7, 11) is 0. The molecule has 0 aromatic heterocycles.